The molecular formula is C20H40N2O. The van der Waals surface area contributed by atoms with Crippen molar-refractivity contribution in [1.29, 1.82) is 0 Å². The number of amides is 1. The summed E-state index contributed by atoms with van der Waals surface area (Å²) < 4.78 is 0. The SMILES string of the molecule is CCCCCC(CCCC)CC(=O)N1CCCC1CN(C)CC. The smallest absolute Gasteiger partial charge is 0.223 e. The first-order valence-corrected chi connectivity index (χ1v) is 10.1. The van der Waals surface area contributed by atoms with E-state index in [2.05, 4.69) is 37.6 Å². The summed E-state index contributed by atoms with van der Waals surface area (Å²) >= 11 is 0. The van der Waals surface area contributed by atoms with Crippen LogP contribution < -0.4 is 0 Å². The van der Waals surface area contributed by atoms with Crippen LogP contribution in [0.4, 0.5) is 0 Å². The first-order chi connectivity index (χ1) is 11.1. The highest BCUT2D eigenvalue weighted by Gasteiger charge is 2.30. The molecule has 2 atom stereocenters. The Hall–Kier alpha value is -0.570. The average molecular weight is 325 g/mol. The molecule has 0 aromatic carbocycles. The topological polar surface area (TPSA) is 23.6 Å². The number of likely N-dealkylation sites (N-methyl/N-ethyl adjacent to an activating group) is 1. The van der Waals surface area contributed by atoms with Crippen molar-refractivity contribution in [3.05, 3.63) is 0 Å². The van der Waals surface area contributed by atoms with Gasteiger partial charge in [0.2, 0.25) is 5.91 Å². The highest BCUT2D eigenvalue weighted by atomic mass is 16.2. The van der Waals surface area contributed by atoms with Crippen molar-refractivity contribution >= 4 is 5.91 Å². The maximum Gasteiger partial charge on any atom is 0.223 e. The largest absolute Gasteiger partial charge is 0.338 e. The second-order valence-corrected chi connectivity index (χ2v) is 7.45. The Balaban J connectivity index is 2.50. The van der Waals surface area contributed by atoms with Crippen molar-refractivity contribution in [2.45, 2.75) is 91.0 Å². The molecule has 1 amide bonds. The summed E-state index contributed by atoms with van der Waals surface area (Å²) in [7, 11) is 2.16. The van der Waals surface area contributed by atoms with Gasteiger partial charge in [0.15, 0.2) is 0 Å². The number of likely N-dealkylation sites (tertiary alicyclic amines) is 1. The molecule has 1 fully saturated rings. The molecule has 136 valence electrons. The van der Waals surface area contributed by atoms with E-state index in [-0.39, 0.29) is 0 Å². The summed E-state index contributed by atoms with van der Waals surface area (Å²) in [5.41, 5.74) is 0. The molecule has 0 N–H and O–H groups in total. The highest BCUT2D eigenvalue weighted by Crippen LogP contribution is 2.25. The van der Waals surface area contributed by atoms with E-state index in [0.29, 0.717) is 17.9 Å². The molecule has 0 aromatic heterocycles. The third-order valence-corrected chi connectivity index (χ3v) is 5.40. The van der Waals surface area contributed by atoms with Crippen LogP contribution in [0.1, 0.15) is 85.0 Å². The summed E-state index contributed by atoms with van der Waals surface area (Å²) in [6.45, 7) is 9.78. The monoisotopic (exact) mass is 324 g/mol. The Bertz CT molecular complexity index is 319. The lowest BCUT2D eigenvalue weighted by Crippen LogP contribution is -2.42. The van der Waals surface area contributed by atoms with Crippen LogP contribution in [-0.2, 0) is 4.79 Å². The van der Waals surface area contributed by atoms with Crippen molar-refractivity contribution in [2.24, 2.45) is 5.92 Å². The Morgan fingerprint density at radius 2 is 1.83 bits per heavy atom. The molecule has 0 aliphatic carbocycles. The Kier molecular flexibility index (Phi) is 10.6. The van der Waals surface area contributed by atoms with Gasteiger partial charge in [0.1, 0.15) is 0 Å². The zero-order valence-electron chi connectivity index (χ0n) is 16.1. The van der Waals surface area contributed by atoms with Crippen molar-refractivity contribution in [3.63, 3.8) is 0 Å². The molecule has 1 rings (SSSR count). The number of hydrogen-bond acceptors (Lipinski definition) is 2. The third-order valence-electron chi connectivity index (χ3n) is 5.40. The molecule has 0 spiro atoms. The summed E-state index contributed by atoms with van der Waals surface area (Å²) in [5.74, 6) is 1.04. The molecule has 23 heavy (non-hydrogen) atoms. The molecule has 3 nitrogen and oxygen atoms in total. The molecule has 2 unspecified atom stereocenters. The van der Waals surface area contributed by atoms with E-state index in [1.807, 2.05) is 0 Å². The van der Waals surface area contributed by atoms with Crippen molar-refractivity contribution in [1.82, 2.24) is 9.80 Å². The Morgan fingerprint density at radius 1 is 1.13 bits per heavy atom. The number of nitrogens with zero attached hydrogens (tertiary/aromatic N) is 2. The van der Waals surface area contributed by atoms with Gasteiger partial charge >= 0.3 is 0 Å². The summed E-state index contributed by atoms with van der Waals surface area (Å²) in [6, 6.07) is 0.454. The molecular weight excluding hydrogens is 284 g/mol. The molecule has 0 bridgehead atoms. The molecule has 0 saturated carbocycles. The Labute approximate surface area is 144 Å². The van der Waals surface area contributed by atoms with Gasteiger partial charge < -0.3 is 9.80 Å². The first kappa shape index (κ1) is 20.5. The second-order valence-electron chi connectivity index (χ2n) is 7.45. The molecule has 0 radical (unpaired) electrons. The predicted octanol–water partition coefficient (Wildman–Crippen LogP) is 4.71. The number of rotatable bonds is 12. The fraction of sp³-hybridized carbons (Fsp3) is 0.950. The van der Waals surface area contributed by atoms with Crippen molar-refractivity contribution < 1.29 is 4.79 Å². The molecule has 1 aliphatic rings. The van der Waals surface area contributed by atoms with Gasteiger partial charge in [-0.25, -0.2) is 0 Å². The van der Waals surface area contributed by atoms with Gasteiger partial charge in [0, 0.05) is 25.6 Å². The van der Waals surface area contributed by atoms with Gasteiger partial charge in [0.25, 0.3) is 0 Å². The van der Waals surface area contributed by atoms with Gasteiger partial charge in [-0.2, -0.15) is 0 Å². The van der Waals surface area contributed by atoms with Crippen LogP contribution in [0.15, 0.2) is 0 Å². The molecule has 1 saturated heterocycles. The van der Waals surface area contributed by atoms with E-state index in [1.165, 1.54) is 57.8 Å². The first-order valence-electron chi connectivity index (χ1n) is 10.1. The zero-order chi connectivity index (χ0) is 17.1. The van der Waals surface area contributed by atoms with Crippen molar-refractivity contribution in [3.8, 4) is 0 Å². The minimum Gasteiger partial charge on any atom is -0.338 e. The van der Waals surface area contributed by atoms with Gasteiger partial charge in [-0.3, -0.25) is 4.79 Å². The number of carbonyl (C=O) groups is 1. The fourth-order valence-electron chi connectivity index (χ4n) is 3.73. The summed E-state index contributed by atoms with van der Waals surface area (Å²) in [5, 5.41) is 0. The number of unbranched alkanes of at least 4 members (excludes halogenated alkanes) is 3. The van der Waals surface area contributed by atoms with Gasteiger partial charge in [-0.05, 0) is 45.2 Å². The van der Waals surface area contributed by atoms with Crippen LogP contribution >= 0.6 is 0 Å². The van der Waals surface area contributed by atoms with Crippen LogP contribution in [0.25, 0.3) is 0 Å². The second kappa shape index (κ2) is 11.9. The highest BCUT2D eigenvalue weighted by molar-refractivity contribution is 5.77. The molecule has 0 aromatic rings. The molecule has 1 aliphatic heterocycles. The Morgan fingerprint density at radius 3 is 2.48 bits per heavy atom. The third kappa shape index (κ3) is 7.69. The molecule has 1 heterocycles. The zero-order valence-corrected chi connectivity index (χ0v) is 16.1. The quantitative estimate of drug-likeness (QED) is 0.486. The van der Waals surface area contributed by atoms with Crippen LogP contribution in [0.3, 0.4) is 0 Å². The minimum atomic E-state index is 0.426. The van der Waals surface area contributed by atoms with Crippen LogP contribution in [0, 0.1) is 5.92 Å². The van der Waals surface area contributed by atoms with Crippen LogP contribution in [0.5, 0.6) is 0 Å². The van der Waals surface area contributed by atoms with E-state index in [1.54, 1.807) is 0 Å². The van der Waals surface area contributed by atoms with E-state index < -0.39 is 0 Å². The van der Waals surface area contributed by atoms with E-state index >= 15 is 0 Å². The normalized spacial score (nSPS) is 19.5. The fourth-order valence-corrected chi connectivity index (χ4v) is 3.73. The lowest BCUT2D eigenvalue weighted by Gasteiger charge is -2.29. The summed E-state index contributed by atoms with van der Waals surface area (Å²) in [6.07, 6.45) is 12.0. The van der Waals surface area contributed by atoms with E-state index in [4.69, 9.17) is 0 Å². The number of hydrogen-bond donors (Lipinski definition) is 0. The number of carbonyl (C=O) groups excluding carboxylic acids is 1. The lowest BCUT2D eigenvalue weighted by atomic mass is 9.92. The molecule has 3 heteroatoms. The van der Waals surface area contributed by atoms with Gasteiger partial charge in [0.05, 0.1) is 0 Å². The van der Waals surface area contributed by atoms with E-state index in [0.717, 1.165) is 26.1 Å². The average Bonchev–Trinajstić information content (AvgIpc) is 3.00. The van der Waals surface area contributed by atoms with Crippen LogP contribution in [-0.4, -0.2) is 48.4 Å². The van der Waals surface area contributed by atoms with Gasteiger partial charge in [-0.15, -0.1) is 0 Å². The summed E-state index contributed by atoms with van der Waals surface area (Å²) in [4.78, 5) is 17.4. The predicted molar refractivity (Wildman–Crippen MR) is 99.7 cm³/mol. The van der Waals surface area contributed by atoms with Crippen molar-refractivity contribution in [2.75, 3.05) is 26.7 Å². The van der Waals surface area contributed by atoms with Crippen LogP contribution in [0.2, 0.25) is 0 Å². The maximum atomic E-state index is 12.8. The van der Waals surface area contributed by atoms with Gasteiger partial charge in [-0.1, -0.05) is 52.9 Å². The standard InChI is InChI=1S/C20H40N2O/c1-5-8-10-13-18(12-9-6-2)16-20(23)22-15-11-14-19(22)17-21(4)7-3/h18-19H,5-17H2,1-4H3. The lowest BCUT2D eigenvalue weighted by molar-refractivity contribution is -0.133. The van der Waals surface area contributed by atoms with E-state index in [9.17, 15) is 4.79 Å². The maximum absolute atomic E-state index is 12.8. The minimum absolute atomic E-state index is 0.426.